The molecule has 2 rings (SSSR count). The van der Waals surface area contributed by atoms with Crippen molar-refractivity contribution in [2.45, 2.75) is 20.4 Å². The fourth-order valence-corrected chi connectivity index (χ4v) is 2.92. The number of thiazole rings is 1. The number of nitrogens with zero attached hydrogens (tertiary/aromatic N) is 4. The second kappa shape index (κ2) is 5.52. The van der Waals surface area contributed by atoms with E-state index in [1.807, 2.05) is 5.38 Å². The molecule has 0 unspecified atom stereocenters. The van der Waals surface area contributed by atoms with Gasteiger partial charge in [-0.05, 0) is 13.1 Å². The van der Waals surface area contributed by atoms with E-state index in [1.54, 1.807) is 11.3 Å². The van der Waals surface area contributed by atoms with Gasteiger partial charge in [-0.1, -0.05) is 25.2 Å². The Morgan fingerprint density at radius 2 is 2.06 bits per heavy atom. The van der Waals surface area contributed by atoms with Crippen molar-refractivity contribution >= 4 is 27.8 Å². The van der Waals surface area contributed by atoms with Crippen LogP contribution < -0.4 is 5.73 Å². The van der Waals surface area contributed by atoms with Crippen molar-refractivity contribution in [2.75, 3.05) is 18.8 Å². The molecule has 17 heavy (non-hydrogen) atoms. The van der Waals surface area contributed by atoms with Crippen LogP contribution in [0.1, 0.15) is 18.9 Å². The first-order valence-electron chi connectivity index (χ1n) is 5.49. The molecule has 92 valence electrons. The highest BCUT2D eigenvalue weighted by Crippen LogP contribution is 2.26. The minimum absolute atomic E-state index is 0.485. The summed E-state index contributed by atoms with van der Waals surface area (Å²) in [6.07, 6.45) is 0. The van der Waals surface area contributed by atoms with E-state index in [-0.39, 0.29) is 0 Å². The molecule has 0 saturated carbocycles. The van der Waals surface area contributed by atoms with Gasteiger partial charge >= 0.3 is 0 Å². The first-order chi connectivity index (χ1) is 8.22. The first-order valence-corrected chi connectivity index (χ1v) is 7.18. The molecular weight excluding hydrogens is 254 g/mol. The lowest BCUT2D eigenvalue weighted by atomic mass is 10.5. The lowest BCUT2D eigenvalue weighted by Crippen LogP contribution is -2.21. The van der Waals surface area contributed by atoms with E-state index in [1.165, 1.54) is 11.3 Å². The Bertz CT molecular complexity index is 475. The molecule has 0 aromatic carbocycles. The lowest BCUT2D eigenvalue weighted by Gasteiger charge is -2.15. The number of nitrogen functional groups attached to an aromatic ring is 1. The van der Waals surface area contributed by atoms with Crippen LogP contribution in [-0.4, -0.2) is 33.2 Å². The van der Waals surface area contributed by atoms with Crippen LogP contribution in [0.3, 0.4) is 0 Å². The minimum atomic E-state index is 0.485. The number of aromatic nitrogens is 3. The van der Waals surface area contributed by atoms with Crippen LogP contribution in [0, 0.1) is 0 Å². The van der Waals surface area contributed by atoms with Crippen LogP contribution in [0.4, 0.5) is 5.13 Å². The number of anilines is 1. The van der Waals surface area contributed by atoms with Gasteiger partial charge in [0, 0.05) is 5.38 Å². The Labute approximate surface area is 108 Å². The molecule has 0 bridgehead atoms. The Balaban J connectivity index is 2.10. The van der Waals surface area contributed by atoms with Gasteiger partial charge in [0.15, 0.2) is 5.01 Å². The van der Waals surface area contributed by atoms with Gasteiger partial charge in [-0.2, -0.15) is 0 Å². The molecule has 0 atom stereocenters. The third kappa shape index (κ3) is 2.99. The van der Waals surface area contributed by atoms with Crippen molar-refractivity contribution < 1.29 is 0 Å². The summed E-state index contributed by atoms with van der Waals surface area (Å²) in [5.41, 5.74) is 6.44. The van der Waals surface area contributed by atoms with Gasteiger partial charge in [-0.3, -0.25) is 4.90 Å². The van der Waals surface area contributed by atoms with Crippen LogP contribution in [-0.2, 0) is 6.54 Å². The van der Waals surface area contributed by atoms with E-state index in [4.69, 9.17) is 5.73 Å². The monoisotopic (exact) mass is 269 g/mol. The van der Waals surface area contributed by atoms with Gasteiger partial charge in [0.25, 0.3) is 0 Å². The summed E-state index contributed by atoms with van der Waals surface area (Å²) in [6.45, 7) is 7.28. The van der Waals surface area contributed by atoms with Crippen LogP contribution in [0.15, 0.2) is 5.38 Å². The summed E-state index contributed by atoms with van der Waals surface area (Å²) in [4.78, 5) is 6.89. The zero-order valence-corrected chi connectivity index (χ0v) is 11.5. The first kappa shape index (κ1) is 12.4. The molecule has 0 aliphatic carbocycles. The van der Waals surface area contributed by atoms with Crippen molar-refractivity contribution in [2.24, 2.45) is 0 Å². The van der Waals surface area contributed by atoms with Crippen molar-refractivity contribution in [3.63, 3.8) is 0 Å². The quantitative estimate of drug-likeness (QED) is 0.900. The van der Waals surface area contributed by atoms with E-state index >= 15 is 0 Å². The molecule has 0 spiro atoms. The average molecular weight is 269 g/mol. The van der Waals surface area contributed by atoms with Crippen molar-refractivity contribution in [1.29, 1.82) is 0 Å². The smallest absolute Gasteiger partial charge is 0.203 e. The Morgan fingerprint density at radius 3 is 2.65 bits per heavy atom. The highest BCUT2D eigenvalue weighted by molar-refractivity contribution is 7.18. The SMILES string of the molecule is CCN(CC)Cc1nc(-c2nnc(N)s2)cs1. The Kier molecular flexibility index (Phi) is 4.03. The van der Waals surface area contributed by atoms with Crippen molar-refractivity contribution in [3.8, 4) is 10.7 Å². The normalized spacial score (nSPS) is 11.2. The molecule has 2 heterocycles. The molecule has 2 N–H and O–H groups in total. The van der Waals surface area contributed by atoms with Crippen LogP contribution in [0.5, 0.6) is 0 Å². The maximum atomic E-state index is 5.56. The fourth-order valence-electron chi connectivity index (χ4n) is 1.46. The summed E-state index contributed by atoms with van der Waals surface area (Å²) >= 11 is 3.03. The molecule has 0 aliphatic rings. The highest BCUT2D eigenvalue weighted by Gasteiger charge is 2.10. The molecule has 0 aliphatic heterocycles. The standard InChI is InChI=1S/C10H15N5S2/c1-3-15(4-2)5-8-12-7(6-16-8)9-13-14-10(11)17-9/h6H,3-5H2,1-2H3,(H2,11,14). The summed E-state index contributed by atoms with van der Waals surface area (Å²) < 4.78 is 0. The largest absolute Gasteiger partial charge is 0.374 e. The summed E-state index contributed by atoms with van der Waals surface area (Å²) in [5, 5.41) is 12.2. The molecular formula is C10H15N5S2. The maximum absolute atomic E-state index is 5.56. The third-order valence-corrected chi connectivity index (χ3v) is 4.07. The summed E-state index contributed by atoms with van der Waals surface area (Å²) in [6, 6.07) is 0. The van der Waals surface area contributed by atoms with E-state index in [0.29, 0.717) is 5.13 Å². The van der Waals surface area contributed by atoms with Crippen LogP contribution in [0.2, 0.25) is 0 Å². The number of hydrogen-bond acceptors (Lipinski definition) is 7. The Morgan fingerprint density at radius 1 is 1.29 bits per heavy atom. The van der Waals surface area contributed by atoms with Gasteiger partial charge in [0.1, 0.15) is 10.7 Å². The van der Waals surface area contributed by atoms with E-state index < -0.39 is 0 Å². The molecule has 5 nitrogen and oxygen atoms in total. The molecule has 0 saturated heterocycles. The van der Waals surface area contributed by atoms with E-state index in [2.05, 4.69) is 33.9 Å². The molecule has 2 aromatic heterocycles. The molecule has 7 heteroatoms. The van der Waals surface area contributed by atoms with Gasteiger partial charge in [0.05, 0.1) is 6.54 Å². The number of rotatable bonds is 5. The molecule has 0 fully saturated rings. The highest BCUT2D eigenvalue weighted by atomic mass is 32.1. The van der Waals surface area contributed by atoms with Gasteiger partial charge < -0.3 is 5.73 Å². The van der Waals surface area contributed by atoms with Gasteiger partial charge in [-0.25, -0.2) is 4.98 Å². The zero-order valence-electron chi connectivity index (χ0n) is 9.88. The van der Waals surface area contributed by atoms with Crippen molar-refractivity contribution in [1.82, 2.24) is 20.1 Å². The second-order valence-electron chi connectivity index (χ2n) is 3.53. The van der Waals surface area contributed by atoms with Gasteiger partial charge in [0.2, 0.25) is 5.13 Å². The van der Waals surface area contributed by atoms with Crippen LogP contribution >= 0.6 is 22.7 Å². The fraction of sp³-hybridized carbons (Fsp3) is 0.500. The number of nitrogens with two attached hydrogens (primary N) is 1. The summed E-state index contributed by atoms with van der Waals surface area (Å²) in [7, 11) is 0. The lowest BCUT2D eigenvalue weighted by molar-refractivity contribution is 0.295. The topological polar surface area (TPSA) is 67.9 Å². The third-order valence-electron chi connectivity index (χ3n) is 2.46. The molecule has 2 aromatic rings. The average Bonchev–Trinajstić information content (AvgIpc) is 2.94. The van der Waals surface area contributed by atoms with E-state index in [9.17, 15) is 0 Å². The summed E-state index contributed by atoms with van der Waals surface area (Å²) in [5.74, 6) is 0. The predicted molar refractivity (Wildman–Crippen MR) is 72.1 cm³/mol. The number of hydrogen-bond donors (Lipinski definition) is 1. The second-order valence-corrected chi connectivity index (χ2v) is 5.49. The van der Waals surface area contributed by atoms with Crippen LogP contribution in [0.25, 0.3) is 10.7 Å². The Hall–Kier alpha value is -1.05. The molecule has 0 radical (unpaired) electrons. The maximum Gasteiger partial charge on any atom is 0.203 e. The predicted octanol–water partition coefficient (Wildman–Crippen LogP) is 2.09. The van der Waals surface area contributed by atoms with Gasteiger partial charge in [-0.15, -0.1) is 21.5 Å². The van der Waals surface area contributed by atoms with Crippen molar-refractivity contribution in [3.05, 3.63) is 10.4 Å². The zero-order chi connectivity index (χ0) is 12.3. The van der Waals surface area contributed by atoms with E-state index in [0.717, 1.165) is 35.3 Å². The minimum Gasteiger partial charge on any atom is -0.374 e. The molecule has 0 amide bonds.